The Morgan fingerprint density at radius 3 is 1.67 bits per heavy atom. The second-order valence-corrected chi connectivity index (χ2v) is 4.18. The molecule has 0 saturated carbocycles. The molecule has 0 nitrogen and oxygen atoms in total. The fourth-order valence-electron chi connectivity index (χ4n) is 1.87. The van der Waals surface area contributed by atoms with Crippen molar-refractivity contribution in [3.63, 3.8) is 0 Å². The minimum absolute atomic E-state index is 0. The highest BCUT2D eigenvalue weighted by molar-refractivity contribution is 5.67. The molecule has 2 aromatic rings. The van der Waals surface area contributed by atoms with Gasteiger partial charge in [-0.1, -0.05) is 74.9 Å². The van der Waals surface area contributed by atoms with E-state index in [-0.39, 0.29) is 7.43 Å². The maximum atomic E-state index is 2.23. The third kappa shape index (κ3) is 4.03. The Morgan fingerprint density at radius 2 is 1.17 bits per heavy atom. The molecule has 2 aromatic carbocycles. The molecule has 0 saturated heterocycles. The van der Waals surface area contributed by atoms with Crippen molar-refractivity contribution in [3.05, 3.63) is 59.2 Å². The summed E-state index contributed by atoms with van der Waals surface area (Å²) in [5.41, 5.74) is 6.62. The Bertz CT molecular complexity index is 464. The Labute approximate surface area is 113 Å². The van der Waals surface area contributed by atoms with E-state index in [4.69, 9.17) is 0 Å². The maximum absolute atomic E-state index is 2.23. The van der Waals surface area contributed by atoms with E-state index in [0.29, 0.717) is 0 Å². The number of hydrogen-bond donors (Lipinski definition) is 0. The van der Waals surface area contributed by atoms with E-state index in [2.05, 4.69) is 63.2 Å². The van der Waals surface area contributed by atoms with Gasteiger partial charge >= 0.3 is 0 Å². The van der Waals surface area contributed by atoms with E-state index in [1.165, 1.54) is 27.8 Å². The van der Waals surface area contributed by atoms with Crippen molar-refractivity contribution in [1.82, 2.24) is 0 Å². The molecule has 98 valence electrons. The van der Waals surface area contributed by atoms with Crippen molar-refractivity contribution < 1.29 is 0 Å². The maximum Gasteiger partial charge on any atom is -0.0155 e. The molecular formula is C18H26. The molecule has 0 spiro atoms. The van der Waals surface area contributed by atoms with E-state index in [9.17, 15) is 0 Å². The summed E-state index contributed by atoms with van der Waals surface area (Å²) in [6.07, 6.45) is 0. The lowest BCUT2D eigenvalue weighted by atomic mass is 9.98. The molecule has 0 atom stereocenters. The molecule has 0 heterocycles. The van der Waals surface area contributed by atoms with Crippen LogP contribution in [0.5, 0.6) is 0 Å². The first-order valence-electron chi connectivity index (χ1n) is 6.31. The van der Waals surface area contributed by atoms with Crippen LogP contribution in [-0.2, 0) is 0 Å². The van der Waals surface area contributed by atoms with Crippen LogP contribution in [0.25, 0.3) is 11.1 Å². The summed E-state index contributed by atoms with van der Waals surface area (Å²) in [6.45, 7) is 10.4. The molecule has 0 N–H and O–H groups in total. The number of aryl methyl sites for hydroxylation is 3. The van der Waals surface area contributed by atoms with Crippen molar-refractivity contribution >= 4 is 0 Å². The van der Waals surface area contributed by atoms with Gasteiger partial charge in [-0.25, -0.2) is 0 Å². The third-order valence-electron chi connectivity index (χ3n) is 2.74. The highest BCUT2D eigenvalue weighted by Crippen LogP contribution is 2.24. The van der Waals surface area contributed by atoms with Crippen molar-refractivity contribution in [2.75, 3.05) is 0 Å². The van der Waals surface area contributed by atoms with Gasteiger partial charge in [0.1, 0.15) is 0 Å². The second kappa shape index (κ2) is 7.71. The summed E-state index contributed by atoms with van der Waals surface area (Å²) >= 11 is 0. The van der Waals surface area contributed by atoms with Gasteiger partial charge in [-0.2, -0.15) is 0 Å². The summed E-state index contributed by atoms with van der Waals surface area (Å²) in [4.78, 5) is 0. The molecule has 0 aliphatic heterocycles. The second-order valence-electron chi connectivity index (χ2n) is 4.18. The minimum atomic E-state index is 0. The quantitative estimate of drug-likeness (QED) is 0.580. The van der Waals surface area contributed by atoms with Crippen LogP contribution in [-0.4, -0.2) is 0 Å². The van der Waals surface area contributed by atoms with Gasteiger partial charge in [-0.3, -0.25) is 0 Å². The average Bonchev–Trinajstić information content (AvgIpc) is 2.33. The zero-order valence-corrected chi connectivity index (χ0v) is 11.5. The smallest absolute Gasteiger partial charge is 0.0155 e. The van der Waals surface area contributed by atoms with Gasteiger partial charge in [0, 0.05) is 0 Å². The van der Waals surface area contributed by atoms with Crippen LogP contribution in [0, 0.1) is 20.8 Å². The predicted octanol–water partition coefficient (Wildman–Crippen LogP) is 5.94. The van der Waals surface area contributed by atoms with Gasteiger partial charge in [-0.15, -0.1) is 0 Å². The van der Waals surface area contributed by atoms with Gasteiger partial charge in [0.2, 0.25) is 0 Å². The number of benzene rings is 2. The first kappa shape index (κ1) is 16.4. The Kier molecular flexibility index (Phi) is 7.04. The van der Waals surface area contributed by atoms with E-state index in [1.807, 2.05) is 13.8 Å². The first-order valence-corrected chi connectivity index (χ1v) is 6.31. The van der Waals surface area contributed by atoms with E-state index in [1.54, 1.807) is 0 Å². The van der Waals surface area contributed by atoms with Gasteiger partial charge < -0.3 is 0 Å². The van der Waals surface area contributed by atoms with Crippen LogP contribution in [0.4, 0.5) is 0 Å². The summed E-state index contributed by atoms with van der Waals surface area (Å²) in [5.74, 6) is 0. The van der Waals surface area contributed by atoms with Crippen molar-refractivity contribution in [3.8, 4) is 11.1 Å². The molecule has 0 fully saturated rings. The average molecular weight is 242 g/mol. The lowest BCUT2D eigenvalue weighted by Crippen LogP contribution is -1.84. The molecular weight excluding hydrogens is 216 g/mol. The van der Waals surface area contributed by atoms with Gasteiger partial charge in [0.05, 0.1) is 0 Å². The molecule has 0 aliphatic carbocycles. The Morgan fingerprint density at radius 1 is 0.667 bits per heavy atom. The highest BCUT2D eigenvalue weighted by Gasteiger charge is 2.00. The number of hydrogen-bond acceptors (Lipinski definition) is 0. The predicted molar refractivity (Wildman–Crippen MR) is 84.2 cm³/mol. The molecule has 0 bridgehead atoms. The largest absolute Gasteiger partial charge is 0.0776 e. The van der Waals surface area contributed by atoms with Crippen molar-refractivity contribution in [1.29, 1.82) is 0 Å². The van der Waals surface area contributed by atoms with E-state index >= 15 is 0 Å². The van der Waals surface area contributed by atoms with Crippen LogP contribution >= 0.6 is 0 Å². The van der Waals surface area contributed by atoms with Crippen molar-refractivity contribution in [2.45, 2.75) is 42.0 Å². The zero-order valence-electron chi connectivity index (χ0n) is 11.5. The fraction of sp³-hybridized carbons (Fsp3) is 0.333. The molecule has 0 radical (unpaired) electrons. The summed E-state index contributed by atoms with van der Waals surface area (Å²) in [5, 5.41) is 0. The summed E-state index contributed by atoms with van der Waals surface area (Å²) in [7, 11) is 0. The first-order chi connectivity index (χ1) is 8.16. The highest BCUT2D eigenvalue weighted by atomic mass is 14.1. The van der Waals surface area contributed by atoms with Crippen molar-refractivity contribution in [2.24, 2.45) is 0 Å². The van der Waals surface area contributed by atoms with Gasteiger partial charge in [0.15, 0.2) is 0 Å². The monoisotopic (exact) mass is 242 g/mol. The SMILES string of the molecule is C.CC.Cc1ccc(-c2ccc(C)cc2C)cc1. The molecule has 0 heteroatoms. The van der Waals surface area contributed by atoms with E-state index in [0.717, 1.165) is 0 Å². The molecule has 0 unspecified atom stereocenters. The third-order valence-corrected chi connectivity index (χ3v) is 2.74. The van der Waals surface area contributed by atoms with Gasteiger partial charge in [-0.05, 0) is 37.5 Å². The molecule has 2 rings (SSSR count). The Hall–Kier alpha value is -1.56. The van der Waals surface area contributed by atoms with Crippen LogP contribution in [0.3, 0.4) is 0 Å². The van der Waals surface area contributed by atoms with Crippen LogP contribution in [0.1, 0.15) is 38.0 Å². The summed E-state index contributed by atoms with van der Waals surface area (Å²) in [6, 6.07) is 15.3. The molecule has 18 heavy (non-hydrogen) atoms. The van der Waals surface area contributed by atoms with Crippen LogP contribution in [0.15, 0.2) is 42.5 Å². The number of rotatable bonds is 1. The molecule has 0 amide bonds. The lowest BCUT2D eigenvalue weighted by molar-refractivity contribution is 1.38. The van der Waals surface area contributed by atoms with E-state index < -0.39 is 0 Å². The van der Waals surface area contributed by atoms with Crippen LogP contribution in [0.2, 0.25) is 0 Å². The van der Waals surface area contributed by atoms with Gasteiger partial charge in [0.25, 0.3) is 0 Å². The molecule has 0 aromatic heterocycles. The standard InChI is InChI=1S/C15H16.C2H6.CH4/c1-11-4-7-14(8-5-11)15-9-6-12(2)10-13(15)3;1-2;/h4-10H,1-3H3;1-2H3;1H4. The van der Waals surface area contributed by atoms with Crippen LogP contribution < -0.4 is 0 Å². The topological polar surface area (TPSA) is 0 Å². The zero-order chi connectivity index (χ0) is 12.8. The summed E-state index contributed by atoms with van der Waals surface area (Å²) < 4.78 is 0. The minimum Gasteiger partial charge on any atom is -0.0776 e. The Balaban J connectivity index is 0.000000917. The lowest BCUT2D eigenvalue weighted by Gasteiger charge is -2.07. The molecule has 0 aliphatic rings. The fourth-order valence-corrected chi connectivity index (χ4v) is 1.87. The normalized spacial score (nSPS) is 8.94.